The molecule has 32 heavy (non-hydrogen) atoms. The van der Waals surface area contributed by atoms with Crippen molar-refractivity contribution < 1.29 is 29.4 Å². The molecule has 4 rings (SSSR count). The van der Waals surface area contributed by atoms with E-state index in [0.29, 0.717) is 10.0 Å². The van der Waals surface area contributed by atoms with Crippen LogP contribution >= 0.6 is 15.9 Å². The Morgan fingerprint density at radius 2 is 1.44 bits per heavy atom. The zero-order chi connectivity index (χ0) is 23.0. The Bertz CT molecular complexity index is 1350. The fourth-order valence-corrected chi connectivity index (χ4v) is 3.74. The van der Waals surface area contributed by atoms with E-state index >= 15 is 0 Å². The number of imide groups is 1. The van der Waals surface area contributed by atoms with Gasteiger partial charge in [0.15, 0.2) is 0 Å². The van der Waals surface area contributed by atoms with Gasteiger partial charge in [-0.05, 0) is 36.4 Å². The maximum atomic E-state index is 13.3. The molecule has 0 saturated carbocycles. The third kappa shape index (κ3) is 3.58. The molecule has 0 atom stereocenters. The van der Waals surface area contributed by atoms with Crippen molar-refractivity contribution in [2.75, 3.05) is 4.90 Å². The van der Waals surface area contributed by atoms with Crippen LogP contribution in [0.15, 0.2) is 76.2 Å². The molecule has 1 aliphatic rings. The lowest BCUT2D eigenvalue weighted by atomic mass is 10.1. The number of amides is 2. The molecule has 1 aliphatic heterocycles. The van der Waals surface area contributed by atoms with Crippen LogP contribution in [-0.2, 0) is 4.79 Å². The highest BCUT2D eigenvalue weighted by atomic mass is 79.9. The van der Waals surface area contributed by atoms with Gasteiger partial charge in [-0.2, -0.15) is 0 Å². The highest BCUT2D eigenvalue weighted by Crippen LogP contribution is 2.33. The number of carbonyl (C=O) groups is 4. The zero-order valence-electron chi connectivity index (χ0n) is 16.2. The van der Waals surface area contributed by atoms with Crippen molar-refractivity contribution in [1.29, 1.82) is 0 Å². The van der Waals surface area contributed by atoms with Gasteiger partial charge in [-0.3, -0.25) is 9.59 Å². The molecule has 0 fully saturated rings. The number of fused-ring (bicyclic) bond motifs is 1. The molecule has 0 aromatic heterocycles. The molecule has 0 unspecified atom stereocenters. The van der Waals surface area contributed by atoms with Crippen LogP contribution in [-0.4, -0.2) is 39.7 Å². The smallest absolute Gasteiger partial charge is 0.337 e. The van der Waals surface area contributed by atoms with Gasteiger partial charge in [-0.1, -0.05) is 46.3 Å². The number of nitrogens with zero attached hydrogens (tertiary/aromatic N) is 2. The van der Waals surface area contributed by atoms with Gasteiger partial charge >= 0.3 is 11.9 Å². The fourth-order valence-electron chi connectivity index (χ4n) is 3.38. The van der Waals surface area contributed by atoms with Crippen LogP contribution < -0.4 is 4.90 Å². The number of hydrogen-bond donors (Lipinski definition) is 2. The van der Waals surface area contributed by atoms with E-state index in [1.54, 1.807) is 24.3 Å². The Hall–Kier alpha value is -4.11. The van der Waals surface area contributed by atoms with E-state index in [1.165, 1.54) is 42.5 Å². The molecule has 158 valence electrons. The summed E-state index contributed by atoms with van der Waals surface area (Å²) in [6.45, 7) is 0. The number of hydrogen-bond acceptors (Lipinski definition) is 5. The van der Waals surface area contributed by atoms with Gasteiger partial charge in [0.2, 0.25) is 0 Å². The first kappa shape index (κ1) is 21.1. The maximum Gasteiger partial charge on any atom is 0.337 e. The van der Waals surface area contributed by atoms with Gasteiger partial charge in [-0.25, -0.2) is 19.5 Å². The monoisotopic (exact) mass is 492 g/mol. The van der Waals surface area contributed by atoms with Crippen molar-refractivity contribution in [3.05, 3.63) is 93.5 Å². The summed E-state index contributed by atoms with van der Waals surface area (Å²) in [6.07, 6.45) is 0. The highest BCUT2D eigenvalue weighted by Gasteiger charge is 2.39. The second kappa shape index (κ2) is 8.20. The third-order valence-corrected chi connectivity index (χ3v) is 5.31. The average Bonchev–Trinajstić information content (AvgIpc) is 3.05. The predicted octanol–water partition coefficient (Wildman–Crippen LogP) is 4.15. The molecule has 0 radical (unpaired) electrons. The van der Waals surface area contributed by atoms with E-state index in [-0.39, 0.29) is 33.8 Å². The summed E-state index contributed by atoms with van der Waals surface area (Å²) in [6, 6.07) is 16.4. The summed E-state index contributed by atoms with van der Waals surface area (Å²) in [5, 5.41) is 18.9. The van der Waals surface area contributed by atoms with E-state index in [2.05, 4.69) is 20.9 Å². The lowest BCUT2D eigenvalue weighted by molar-refractivity contribution is -0.111. The van der Waals surface area contributed by atoms with Crippen LogP contribution in [0.1, 0.15) is 36.6 Å². The number of rotatable bonds is 4. The van der Waals surface area contributed by atoms with Crippen LogP contribution in [0.3, 0.4) is 0 Å². The van der Waals surface area contributed by atoms with Crippen molar-refractivity contribution in [3.63, 3.8) is 0 Å². The number of benzene rings is 3. The first-order chi connectivity index (χ1) is 15.3. The van der Waals surface area contributed by atoms with Gasteiger partial charge in [0.25, 0.3) is 11.8 Å². The van der Waals surface area contributed by atoms with E-state index in [1.807, 2.05) is 0 Å². The number of aliphatic imine (C=N–C) groups is 1. The molecule has 0 spiro atoms. The standard InChI is InChI=1S/C23H13BrN2O6/c24-12-9-10-17(16(11-12)23(31)32)25-19-15-7-3-4-8-18(15)26(21(19)28)20(27)13-5-1-2-6-14(13)22(29)30/h1-11H,(H,29,30)(H,31,32). The minimum Gasteiger partial charge on any atom is -0.478 e. The van der Waals surface area contributed by atoms with E-state index < -0.39 is 23.8 Å². The quantitative estimate of drug-likeness (QED) is 0.527. The number of anilines is 1. The predicted molar refractivity (Wildman–Crippen MR) is 119 cm³/mol. The first-order valence-corrected chi connectivity index (χ1v) is 10.0. The van der Waals surface area contributed by atoms with Crippen molar-refractivity contribution >= 4 is 56.8 Å². The normalized spacial score (nSPS) is 13.8. The summed E-state index contributed by atoms with van der Waals surface area (Å²) in [5.41, 5.74) is -0.0364. The van der Waals surface area contributed by atoms with Gasteiger partial charge in [0.1, 0.15) is 5.71 Å². The number of halogens is 1. The summed E-state index contributed by atoms with van der Waals surface area (Å²) >= 11 is 3.21. The third-order valence-electron chi connectivity index (χ3n) is 4.82. The SMILES string of the molecule is O=C(O)c1cc(Br)ccc1N=C1C(=O)N(C(=O)c2ccccc2C(=O)O)c2ccccc21. The minimum absolute atomic E-state index is 0.0408. The molecule has 9 heteroatoms. The molecule has 0 bridgehead atoms. The molecule has 8 nitrogen and oxygen atoms in total. The molecule has 2 N–H and O–H groups in total. The van der Waals surface area contributed by atoms with Gasteiger partial charge in [-0.15, -0.1) is 0 Å². The molecule has 2 amide bonds. The van der Waals surface area contributed by atoms with Gasteiger partial charge < -0.3 is 10.2 Å². The van der Waals surface area contributed by atoms with Crippen LogP contribution in [0, 0.1) is 0 Å². The lowest BCUT2D eigenvalue weighted by Crippen LogP contribution is -2.37. The van der Waals surface area contributed by atoms with Crippen molar-refractivity contribution in [1.82, 2.24) is 0 Å². The number of carboxylic acids is 2. The molecule has 1 heterocycles. The van der Waals surface area contributed by atoms with Gasteiger partial charge in [0.05, 0.1) is 28.1 Å². The summed E-state index contributed by atoms with van der Waals surface area (Å²) in [4.78, 5) is 54.9. The fraction of sp³-hybridized carbons (Fsp3) is 0. The number of carboxylic acid groups (broad SMARTS) is 2. The van der Waals surface area contributed by atoms with E-state index in [9.17, 15) is 29.4 Å². The Labute approximate surface area is 189 Å². The molecule has 0 aliphatic carbocycles. The Kier molecular flexibility index (Phi) is 5.41. The zero-order valence-corrected chi connectivity index (χ0v) is 17.7. The van der Waals surface area contributed by atoms with Crippen molar-refractivity contribution in [2.45, 2.75) is 0 Å². The van der Waals surface area contributed by atoms with Gasteiger partial charge in [0, 0.05) is 10.0 Å². The highest BCUT2D eigenvalue weighted by molar-refractivity contribution is 9.10. The molecule has 3 aromatic rings. The summed E-state index contributed by atoms with van der Waals surface area (Å²) in [7, 11) is 0. The Morgan fingerprint density at radius 1 is 0.812 bits per heavy atom. The second-order valence-electron chi connectivity index (χ2n) is 6.74. The molecule has 3 aromatic carbocycles. The second-order valence-corrected chi connectivity index (χ2v) is 7.66. The molecule has 0 saturated heterocycles. The molecular weight excluding hydrogens is 480 g/mol. The number of carbonyl (C=O) groups excluding carboxylic acids is 2. The Balaban J connectivity index is 1.86. The lowest BCUT2D eigenvalue weighted by Gasteiger charge is -2.16. The maximum absolute atomic E-state index is 13.3. The Morgan fingerprint density at radius 3 is 2.12 bits per heavy atom. The van der Waals surface area contributed by atoms with E-state index in [4.69, 9.17) is 0 Å². The number of aromatic carboxylic acids is 2. The molecular formula is C23H13BrN2O6. The van der Waals surface area contributed by atoms with Crippen LogP contribution in [0.25, 0.3) is 0 Å². The van der Waals surface area contributed by atoms with Crippen LogP contribution in [0.5, 0.6) is 0 Å². The van der Waals surface area contributed by atoms with Crippen molar-refractivity contribution in [3.8, 4) is 0 Å². The topological polar surface area (TPSA) is 124 Å². The minimum atomic E-state index is -1.30. The van der Waals surface area contributed by atoms with E-state index in [0.717, 1.165) is 4.90 Å². The summed E-state index contributed by atoms with van der Waals surface area (Å²) < 4.78 is 0.527. The first-order valence-electron chi connectivity index (χ1n) is 9.21. The van der Waals surface area contributed by atoms with Crippen LogP contribution in [0.4, 0.5) is 11.4 Å². The summed E-state index contributed by atoms with van der Waals surface area (Å²) in [5.74, 6) is -4.13. The average molecular weight is 493 g/mol. The van der Waals surface area contributed by atoms with Crippen LogP contribution in [0.2, 0.25) is 0 Å². The van der Waals surface area contributed by atoms with Crippen molar-refractivity contribution in [2.24, 2.45) is 4.99 Å². The number of para-hydroxylation sites is 1. The largest absolute Gasteiger partial charge is 0.478 e.